The van der Waals surface area contributed by atoms with Gasteiger partial charge in [0.05, 0.1) is 0 Å². The molecule has 0 aromatic heterocycles. The number of carbonyl (C=O) groups excluding carboxylic acids is 1. The zero-order valence-electron chi connectivity index (χ0n) is 18.9. The van der Waals surface area contributed by atoms with E-state index in [0.717, 1.165) is 36.6 Å². The van der Waals surface area contributed by atoms with Crippen molar-refractivity contribution in [3.05, 3.63) is 71.7 Å². The Morgan fingerprint density at radius 2 is 1.61 bits per heavy atom. The van der Waals surface area contributed by atoms with Crippen LogP contribution in [0.1, 0.15) is 52.9 Å². The first-order valence-electron chi connectivity index (χ1n) is 11.3. The van der Waals surface area contributed by atoms with Crippen molar-refractivity contribution < 1.29 is 9.22 Å². The number of fused-ring (bicyclic) bond motifs is 1. The molecule has 3 atom stereocenters. The molecule has 0 saturated heterocycles. The van der Waals surface area contributed by atoms with Crippen molar-refractivity contribution >= 4 is 40.4 Å². The van der Waals surface area contributed by atoms with Crippen LogP contribution in [0.15, 0.2) is 71.7 Å². The summed E-state index contributed by atoms with van der Waals surface area (Å²) in [4.78, 5) is 12.9. The highest BCUT2D eigenvalue weighted by Gasteiger charge is 2.59. The van der Waals surface area contributed by atoms with Gasteiger partial charge in [0.1, 0.15) is 5.78 Å². The van der Waals surface area contributed by atoms with Gasteiger partial charge in [-0.1, -0.05) is 104 Å². The number of rotatable bonds is 6. The lowest BCUT2D eigenvalue weighted by atomic mass is 9.51. The lowest BCUT2D eigenvalue weighted by Crippen LogP contribution is -2.68. The quantitative estimate of drug-likeness (QED) is 0.459. The second-order valence-corrected chi connectivity index (χ2v) is 15.7. The van der Waals surface area contributed by atoms with Gasteiger partial charge in [0.2, 0.25) is 0 Å². The third-order valence-corrected chi connectivity index (χ3v) is 12.8. The van der Waals surface area contributed by atoms with Crippen LogP contribution in [-0.4, -0.2) is 20.2 Å². The van der Waals surface area contributed by atoms with Crippen LogP contribution in [0.5, 0.6) is 0 Å². The van der Waals surface area contributed by atoms with Crippen molar-refractivity contribution in [1.29, 1.82) is 0 Å². The first kappa shape index (κ1) is 22.7. The minimum absolute atomic E-state index is 0.0532. The number of allylic oxidation sites excluding steroid dienone is 1. The second kappa shape index (κ2) is 8.46. The number of ketones is 1. The maximum Gasteiger partial charge on any atom is 0.261 e. The number of carbonyl (C=O) groups is 1. The zero-order chi connectivity index (χ0) is 22.3. The van der Waals surface area contributed by atoms with Gasteiger partial charge in [-0.25, -0.2) is 0 Å². The normalized spacial score (nSPS) is 26.1. The minimum atomic E-state index is -2.60. The van der Waals surface area contributed by atoms with E-state index in [1.54, 1.807) is 0 Å². The average Bonchev–Trinajstić information content (AvgIpc) is 2.73. The van der Waals surface area contributed by atoms with Crippen molar-refractivity contribution in [1.82, 2.24) is 0 Å². The molecule has 4 rings (SSSR count). The topological polar surface area (TPSA) is 26.3 Å². The molecule has 2 aliphatic carbocycles. The van der Waals surface area contributed by atoms with E-state index in [2.05, 4.69) is 104 Å². The van der Waals surface area contributed by atoms with Gasteiger partial charge in [-0.05, 0) is 51.5 Å². The third-order valence-electron chi connectivity index (χ3n) is 7.47. The van der Waals surface area contributed by atoms with Crippen LogP contribution in [0.4, 0.5) is 0 Å². The molecule has 2 nitrogen and oxygen atoms in total. The fraction of sp³-hybridized carbons (Fsp3) is 0.444. The van der Waals surface area contributed by atoms with Gasteiger partial charge in [0.15, 0.2) is 0 Å². The highest BCUT2D eigenvalue weighted by atomic mass is 79.9. The molecule has 2 fully saturated rings. The summed E-state index contributed by atoms with van der Waals surface area (Å²) < 4.78 is 8.29. The fourth-order valence-corrected chi connectivity index (χ4v) is 11.2. The Kier molecular flexibility index (Phi) is 6.19. The lowest BCUT2D eigenvalue weighted by Gasteiger charge is -2.55. The van der Waals surface area contributed by atoms with Crippen molar-refractivity contribution in [2.75, 3.05) is 0 Å². The Morgan fingerprint density at radius 3 is 2.06 bits per heavy atom. The predicted molar refractivity (Wildman–Crippen MR) is 135 cm³/mol. The molecule has 2 aromatic rings. The molecule has 0 N–H and O–H groups in total. The molecular weight excluding hydrogens is 464 g/mol. The minimum Gasteiger partial charge on any atom is -0.404 e. The van der Waals surface area contributed by atoms with E-state index in [1.165, 1.54) is 10.4 Å². The summed E-state index contributed by atoms with van der Waals surface area (Å²) in [5.41, 5.74) is -0.283. The summed E-state index contributed by atoms with van der Waals surface area (Å²) in [6, 6.07) is 21.6. The molecule has 2 aliphatic rings. The summed E-state index contributed by atoms with van der Waals surface area (Å²) >= 11 is 3.54. The van der Waals surface area contributed by atoms with Crippen molar-refractivity contribution in [3.8, 4) is 0 Å². The maximum absolute atomic E-state index is 12.9. The number of hydrogen-bond donors (Lipinski definition) is 0. The van der Waals surface area contributed by atoms with Gasteiger partial charge >= 0.3 is 0 Å². The summed E-state index contributed by atoms with van der Waals surface area (Å²) in [5, 5.41) is 2.55. The number of halogens is 1. The van der Waals surface area contributed by atoms with Gasteiger partial charge in [-0.15, -0.1) is 0 Å². The van der Waals surface area contributed by atoms with Crippen molar-refractivity contribution in [3.63, 3.8) is 0 Å². The van der Waals surface area contributed by atoms with Gasteiger partial charge in [0, 0.05) is 17.9 Å². The molecule has 0 bridgehead atoms. The van der Waals surface area contributed by atoms with E-state index in [4.69, 9.17) is 4.43 Å². The Balaban J connectivity index is 1.77. The Morgan fingerprint density at radius 1 is 1.06 bits per heavy atom. The molecule has 0 heterocycles. The smallest absolute Gasteiger partial charge is 0.261 e. The SMILES string of the molecule is C=C(Br)C[C@@]12C[C@@H](O[Si](c3ccccc3)(c3ccccc3)C(C)(C)C)CC[C@@H]1CC2=O. The monoisotopic (exact) mass is 496 g/mol. The van der Waals surface area contributed by atoms with Crippen molar-refractivity contribution in [2.45, 2.75) is 64.0 Å². The van der Waals surface area contributed by atoms with Crippen LogP contribution in [0.25, 0.3) is 0 Å². The van der Waals surface area contributed by atoms with Gasteiger partial charge in [-0.3, -0.25) is 4.79 Å². The van der Waals surface area contributed by atoms with E-state index in [-0.39, 0.29) is 16.6 Å². The first-order chi connectivity index (χ1) is 14.7. The highest BCUT2D eigenvalue weighted by Crippen LogP contribution is 2.57. The average molecular weight is 498 g/mol. The summed E-state index contributed by atoms with van der Waals surface area (Å²) in [6.45, 7) is 11.0. The molecule has 31 heavy (non-hydrogen) atoms. The third kappa shape index (κ3) is 3.92. The fourth-order valence-electron chi connectivity index (χ4n) is 5.97. The van der Waals surface area contributed by atoms with E-state index in [1.807, 2.05) is 0 Å². The van der Waals surface area contributed by atoms with Crippen LogP contribution < -0.4 is 10.4 Å². The van der Waals surface area contributed by atoms with Crippen LogP contribution in [0.2, 0.25) is 5.04 Å². The second-order valence-electron chi connectivity index (χ2n) is 10.4. The molecule has 0 aliphatic heterocycles. The van der Waals surface area contributed by atoms with Crippen molar-refractivity contribution in [2.24, 2.45) is 11.3 Å². The molecule has 2 saturated carbocycles. The summed E-state index contributed by atoms with van der Waals surface area (Å²) in [5.74, 6) is 0.877. The van der Waals surface area contributed by atoms with Crippen LogP contribution in [0, 0.1) is 11.3 Å². The van der Waals surface area contributed by atoms with E-state index >= 15 is 0 Å². The summed E-state index contributed by atoms with van der Waals surface area (Å²) in [6.07, 6.45) is 4.45. The molecule has 0 unspecified atom stereocenters. The predicted octanol–water partition coefficient (Wildman–Crippen LogP) is 5.99. The molecule has 4 heteroatoms. The Bertz CT molecular complexity index is 911. The maximum atomic E-state index is 12.9. The first-order valence-corrected chi connectivity index (χ1v) is 14.0. The van der Waals surface area contributed by atoms with E-state index < -0.39 is 8.32 Å². The molecule has 2 aromatic carbocycles. The Labute approximate surface area is 196 Å². The molecule has 0 radical (unpaired) electrons. The van der Waals surface area contributed by atoms with Crippen LogP contribution in [0.3, 0.4) is 0 Å². The van der Waals surface area contributed by atoms with E-state index in [0.29, 0.717) is 11.7 Å². The van der Waals surface area contributed by atoms with Crippen LogP contribution in [-0.2, 0) is 9.22 Å². The largest absolute Gasteiger partial charge is 0.404 e. The molecule has 0 spiro atoms. The summed E-state index contributed by atoms with van der Waals surface area (Å²) in [7, 11) is -2.60. The molecule has 164 valence electrons. The Hall–Kier alpha value is -1.49. The van der Waals surface area contributed by atoms with Crippen LogP contribution >= 0.6 is 15.9 Å². The van der Waals surface area contributed by atoms with Gasteiger partial charge in [0.25, 0.3) is 8.32 Å². The van der Waals surface area contributed by atoms with Gasteiger partial charge in [-0.2, -0.15) is 0 Å². The zero-order valence-corrected chi connectivity index (χ0v) is 21.5. The lowest BCUT2D eigenvalue weighted by molar-refractivity contribution is -0.154. The van der Waals surface area contributed by atoms with E-state index in [9.17, 15) is 4.79 Å². The molecular formula is C27H33BrO2Si. The number of benzene rings is 2. The number of hydrogen-bond acceptors (Lipinski definition) is 2. The standard InChI is InChI=1S/C27H33BrO2Si/c1-20(28)18-27-19-22(16-15-21(27)17-25(27)29)30-31(26(2,3)4,23-11-7-5-8-12-23)24-13-9-6-10-14-24/h5-14,21-22H,1,15-19H2,2-4H3/t21-,22+,27-/m1/s1. The number of Topliss-reactive ketones (excluding diaryl/α,β-unsaturated/α-hetero) is 1. The highest BCUT2D eigenvalue weighted by molar-refractivity contribution is 9.11. The van der Waals surface area contributed by atoms with Gasteiger partial charge < -0.3 is 4.43 Å². The molecule has 0 amide bonds.